The summed E-state index contributed by atoms with van der Waals surface area (Å²) in [5.74, 6) is 0. The molecule has 1 N–H and O–H groups in total. The Hall–Kier alpha value is -1.94. The van der Waals surface area contributed by atoms with Crippen LogP contribution in [0.15, 0.2) is 30.7 Å². The average Bonchev–Trinajstić information content (AvgIpc) is 2.66. The van der Waals surface area contributed by atoms with Gasteiger partial charge in [-0.15, -0.1) is 0 Å². The van der Waals surface area contributed by atoms with Gasteiger partial charge in [-0.3, -0.25) is 0 Å². The third kappa shape index (κ3) is 1.76. The number of rotatable bonds is 2. The third-order valence-electron chi connectivity index (χ3n) is 2.82. The molecule has 0 amide bonds. The minimum Gasteiger partial charge on any atom is -0.352 e. The van der Waals surface area contributed by atoms with E-state index in [4.69, 9.17) is 0 Å². The molecule has 0 saturated heterocycles. The normalized spacial score (nSPS) is 11.7. The second kappa shape index (κ2) is 3.82. The van der Waals surface area contributed by atoms with Crippen molar-refractivity contribution < 1.29 is 0 Å². The van der Waals surface area contributed by atoms with E-state index in [0.29, 0.717) is 0 Å². The summed E-state index contributed by atoms with van der Waals surface area (Å²) in [6, 6.07) is 6.45. The van der Waals surface area contributed by atoms with Crippen LogP contribution in [-0.2, 0) is 6.54 Å². The summed E-state index contributed by atoms with van der Waals surface area (Å²) < 4.78 is 0. The summed E-state index contributed by atoms with van der Waals surface area (Å²) in [6.45, 7) is 0.938. The van der Waals surface area contributed by atoms with Crippen molar-refractivity contribution in [2.45, 2.75) is 6.54 Å². The first-order valence-corrected chi connectivity index (χ1v) is 5.59. The molecule has 3 aromatic rings. The van der Waals surface area contributed by atoms with Crippen molar-refractivity contribution in [1.29, 1.82) is 0 Å². The molecule has 17 heavy (non-hydrogen) atoms. The van der Waals surface area contributed by atoms with Crippen LogP contribution in [0.2, 0.25) is 0 Å². The summed E-state index contributed by atoms with van der Waals surface area (Å²) >= 11 is 0. The predicted molar refractivity (Wildman–Crippen MR) is 68.8 cm³/mol. The van der Waals surface area contributed by atoms with Gasteiger partial charge in [-0.25, -0.2) is 9.97 Å². The highest BCUT2D eigenvalue weighted by Gasteiger charge is 2.06. The van der Waals surface area contributed by atoms with Crippen LogP contribution < -0.4 is 0 Å². The number of hydrogen-bond acceptors (Lipinski definition) is 3. The fraction of sp³-hybridized carbons (Fsp3) is 0.231. The van der Waals surface area contributed by atoms with Crippen LogP contribution in [0.5, 0.6) is 0 Å². The van der Waals surface area contributed by atoms with E-state index >= 15 is 0 Å². The predicted octanol–water partition coefficient (Wildman–Crippen LogP) is 2.17. The van der Waals surface area contributed by atoms with Gasteiger partial charge >= 0.3 is 0 Å². The maximum atomic E-state index is 4.33. The van der Waals surface area contributed by atoms with Crippen molar-refractivity contribution in [3.8, 4) is 0 Å². The lowest BCUT2D eigenvalue weighted by Gasteiger charge is -2.09. The maximum Gasteiger partial charge on any atom is 0.116 e. The van der Waals surface area contributed by atoms with Gasteiger partial charge < -0.3 is 9.88 Å². The zero-order chi connectivity index (χ0) is 11.8. The van der Waals surface area contributed by atoms with Crippen molar-refractivity contribution in [3.05, 3.63) is 36.3 Å². The second-order valence-electron chi connectivity index (χ2n) is 4.53. The molecule has 2 heterocycles. The lowest BCUT2D eigenvalue weighted by Crippen LogP contribution is -2.10. The van der Waals surface area contributed by atoms with Gasteiger partial charge in [0.15, 0.2) is 0 Å². The quantitative estimate of drug-likeness (QED) is 0.728. The zero-order valence-corrected chi connectivity index (χ0v) is 9.94. The van der Waals surface area contributed by atoms with Gasteiger partial charge in [0.05, 0.1) is 17.2 Å². The summed E-state index contributed by atoms with van der Waals surface area (Å²) in [4.78, 5) is 13.8. The Morgan fingerprint density at radius 2 is 2.12 bits per heavy atom. The van der Waals surface area contributed by atoms with E-state index in [9.17, 15) is 0 Å². The van der Waals surface area contributed by atoms with E-state index in [-0.39, 0.29) is 0 Å². The highest BCUT2D eigenvalue weighted by Crippen LogP contribution is 2.23. The van der Waals surface area contributed by atoms with Gasteiger partial charge in [0.1, 0.15) is 6.33 Å². The van der Waals surface area contributed by atoms with E-state index in [1.54, 1.807) is 6.33 Å². The monoisotopic (exact) mass is 226 g/mol. The topological polar surface area (TPSA) is 44.8 Å². The van der Waals surface area contributed by atoms with Crippen molar-refractivity contribution in [2.75, 3.05) is 14.1 Å². The Balaban J connectivity index is 2.23. The molecular weight excluding hydrogens is 212 g/mol. The van der Waals surface area contributed by atoms with Gasteiger partial charge in [-0.2, -0.15) is 0 Å². The average molecular weight is 226 g/mol. The van der Waals surface area contributed by atoms with E-state index in [1.165, 1.54) is 10.9 Å². The number of fused-ring (bicyclic) bond motifs is 3. The third-order valence-corrected chi connectivity index (χ3v) is 2.82. The highest BCUT2D eigenvalue weighted by molar-refractivity contribution is 6.04. The molecule has 0 atom stereocenters. The van der Waals surface area contributed by atoms with Crippen molar-refractivity contribution >= 4 is 21.9 Å². The van der Waals surface area contributed by atoms with Crippen LogP contribution in [0.25, 0.3) is 21.9 Å². The fourth-order valence-corrected chi connectivity index (χ4v) is 2.14. The Morgan fingerprint density at radius 3 is 2.94 bits per heavy atom. The fourth-order valence-electron chi connectivity index (χ4n) is 2.14. The molecule has 0 bridgehead atoms. The van der Waals surface area contributed by atoms with E-state index < -0.39 is 0 Å². The zero-order valence-electron chi connectivity index (χ0n) is 9.94. The first-order valence-electron chi connectivity index (χ1n) is 5.59. The largest absolute Gasteiger partial charge is 0.352 e. The maximum absolute atomic E-state index is 4.33. The van der Waals surface area contributed by atoms with Crippen LogP contribution in [0, 0.1) is 0 Å². The Bertz CT molecular complexity index is 669. The van der Waals surface area contributed by atoms with E-state index in [1.807, 2.05) is 6.20 Å². The molecule has 3 rings (SSSR count). The van der Waals surface area contributed by atoms with Gasteiger partial charge in [0, 0.05) is 17.4 Å². The van der Waals surface area contributed by atoms with Crippen molar-refractivity contribution in [3.63, 3.8) is 0 Å². The number of nitrogens with zero attached hydrogens (tertiary/aromatic N) is 3. The smallest absolute Gasteiger partial charge is 0.116 e. The van der Waals surface area contributed by atoms with Gasteiger partial charge in [-0.1, -0.05) is 6.07 Å². The first kappa shape index (κ1) is 10.2. The Labute approximate surface area is 99.3 Å². The second-order valence-corrected chi connectivity index (χ2v) is 4.53. The van der Waals surface area contributed by atoms with Gasteiger partial charge in [0.2, 0.25) is 0 Å². The molecule has 0 aliphatic carbocycles. The molecule has 86 valence electrons. The molecule has 0 unspecified atom stereocenters. The summed E-state index contributed by atoms with van der Waals surface area (Å²) in [5, 5.41) is 1.17. The first-order chi connectivity index (χ1) is 8.24. The van der Waals surface area contributed by atoms with Crippen LogP contribution in [0.1, 0.15) is 5.56 Å². The Morgan fingerprint density at radius 1 is 1.24 bits per heavy atom. The highest BCUT2D eigenvalue weighted by atomic mass is 15.0. The summed E-state index contributed by atoms with van der Waals surface area (Å²) in [7, 11) is 4.14. The SMILES string of the molecule is CN(C)Cc1ccc2[nH]c3cncnc3c2c1. The molecule has 2 aromatic heterocycles. The van der Waals surface area contributed by atoms with Gasteiger partial charge in [-0.05, 0) is 31.8 Å². The number of hydrogen-bond donors (Lipinski definition) is 1. The van der Waals surface area contributed by atoms with Crippen LogP contribution >= 0.6 is 0 Å². The van der Waals surface area contributed by atoms with Crippen molar-refractivity contribution in [2.24, 2.45) is 0 Å². The van der Waals surface area contributed by atoms with E-state index in [0.717, 1.165) is 23.1 Å². The number of aromatic nitrogens is 3. The molecule has 0 spiro atoms. The van der Waals surface area contributed by atoms with Gasteiger partial charge in [0.25, 0.3) is 0 Å². The van der Waals surface area contributed by atoms with Crippen LogP contribution in [0.4, 0.5) is 0 Å². The standard InChI is InChI=1S/C13H14N4/c1-17(2)7-9-3-4-11-10(5-9)13-12(16-11)6-14-8-15-13/h3-6,8,16H,7H2,1-2H3. The number of benzene rings is 1. The van der Waals surface area contributed by atoms with E-state index in [2.05, 4.69) is 52.1 Å². The number of nitrogens with one attached hydrogen (secondary N) is 1. The lowest BCUT2D eigenvalue weighted by atomic mass is 10.1. The molecule has 4 heteroatoms. The van der Waals surface area contributed by atoms with Crippen LogP contribution in [-0.4, -0.2) is 33.9 Å². The summed E-state index contributed by atoms with van der Waals surface area (Å²) in [5.41, 5.74) is 4.39. The molecule has 0 fully saturated rings. The molecule has 4 nitrogen and oxygen atoms in total. The molecule has 0 aliphatic rings. The lowest BCUT2D eigenvalue weighted by molar-refractivity contribution is 0.403. The molecule has 0 aliphatic heterocycles. The molecule has 0 radical (unpaired) electrons. The molecule has 0 saturated carbocycles. The number of H-pyrrole nitrogens is 1. The van der Waals surface area contributed by atoms with Crippen molar-refractivity contribution in [1.82, 2.24) is 19.9 Å². The molecular formula is C13H14N4. The number of aromatic amines is 1. The Kier molecular flexibility index (Phi) is 2.30. The summed E-state index contributed by atoms with van der Waals surface area (Å²) in [6.07, 6.45) is 3.40. The minimum absolute atomic E-state index is 0.938. The minimum atomic E-state index is 0.938. The molecule has 1 aromatic carbocycles. The van der Waals surface area contributed by atoms with Crippen LogP contribution in [0.3, 0.4) is 0 Å².